The lowest BCUT2D eigenvalue weighted by Gasteiger charge is -2.14. The van der Waals surface area contributed by atoms with Crippen molar-refractivity contribution in [2.45, 2.75) is 25.3 Å². The molecule has 0 unspecified atom stereocenters. The van der Waals surface area contributed by atoms with Crippen molar-refractivity contribution in [1.29, 1.82) is 0 Å². The van der Waals surface area contributed by atoms with Crippen LogP contribution in [-0.4, -0.2) is 46.8 Å². The number of thioether (sulfide) groups is 1. The van der Waals surface area contributed by atoms with Crippen LogP contribution in [0, 0.1) is 0 Å². The number of hydrogen-bond acceptors (Lipinski definition) is 4. The van der Waals surface area contributed by atoms with E-state index >= 15 is 0 Å². The Morgan fingerprint density at radius 2 is 1.96 bits per heavy atom. The third-order valence-corrected chi connectivity index (χ3v) is 4.69. The Hall–Kier alpha value is -2.02. The zero-order chi connectivity index (χ0) is 16.2. The van der Waals surface area contributed by atoms with Crippen LogP contribution in [0.5, 0.6) is 0 Å². The lowest BCUT2D eigenvalue weighted by Crippen LogP contribution is -2.27. The van der Waals surface area contributed by atoms with Crippen LogP contribution in [0.25, 0.3) is 0 Å². The first-order valence-corrected chi connectivity index (χ1v) is 8.73. The maximum atomic E-state index is 11.9. The summed E-state index contributed by atoms with van der Waals surface area (Å²) in [5, 5.41) is 5.75. The van der Waals surface area contributed by atoms with Gasteiger partial charge in [0.05, 0.1) is 0 Å². The van der Waals surface area contributed by atoms with Crippen molar-refractivity contribution in [2.24, 2.45) is 0 Å². The normalized spacial score (nSPS) is 17.2. The first-order valence-electron chi connectivity index (χ1n) is 7.74. The van der Waals surface area contributed by atoms with E-state index in [2.05, 4.69) is 10.6 Å². The minimum absolute atomic E-state index is 0.0452. The summed E-state index contributed by atoms with van der Waals surface area (Å²) in [6, 6.07) is 7.17. The van der Waals surface area contributed by atoms with Gasteiger partial charge in [-0.25, -0.2) is 0 Å². The van der Waals surface area contributed by atoms with Gasteiger partial charge in [0.15, 0.2) is 0 Å². The minimum atomic E-state index is -0.134. The summed E-state index contributed by atoms with van der Waals surface area (Å²) in [5.41, 5.74) is 1.25. The van der Waals surface area contributed by atoms with Gasteiger partial charge >= 0.3 is 0 Å². The van der Waals surface area contributed by atoms with E-state index in [1.54, 1.807) is 29.2 Å². The summed E-state index contributed by atoms with van der Waals surface area (Å²) in [4.78, 5) is 36.9. The molecule has 1 aromatic carbocycles. The maximum absolute atomic E-state index is 11.9. The Labute approximate surface area is 139 Å². The SMILES string of the molecule is O=C(CCN1CCSC1=O)Nc1ccc(C(=O)NC2CC2)cc1. The fraction of sp³-hybridized carbons (Fsp3) is 0.438. The predicted molar refractivity (Wildman–Crippen MR) is 89.6 cm³/mol. The summed E-state index contributed by atoms with van der Waals surface area (Å²) >= 11 is 1.29. The van der Waals surface area contributed by atoms with Crippen molar-refractivity contribution in [3.63, 3.8) is 0 Å². The second-order valence-corrected chi connectivity index (χ2v) is 6.77. The Morgan fingerprint density at radius 3 is 2.57 bits per heavy atom. The Kier molecular flexibility index (Phi) is 4.85. The van der Waals surface area contributed by atoms with Gasteiger partial charge in [0.25, 0.3) is 11.1 Å². The van der Waals surface area contributed by atoms with E-state index < -0.39 is 0 Å². The highest BCUT2D eigenvalue weighted by molar-refractivity contribution is 8.13. The van der Waals surface area contributed by atoms with Gasteiger partial charge in [0.1, 0.15) is 0 Å². The number of anilines is 1. The second kappa shape index (κ2) is 7.04. The summed E-state index contributed by atoms with van der Waals surface area (Å²) < 4.78 is 0. The summed E-state index contributed by atoms with van der Waals surface area (Å²) in [6.07, 6.45) is 2.38. The van der Waals surface area contributed by atoms with E-state index in [0.29, 0.717) is 30.4 Å². The molecule has 122 valence electrons. The van der Waals surface area contributed by atoms with Gasteiger partial charge in [-0.15, -0.1) is 0 Å². The van der Waals surface area contributed by atoms with Gasteiger partial charge in [-0.05, 0) is 37.1 Å². The fourth-order valence-corrected chi connectivity index (χ4v) is 3.14. The second-order valence-electron chi connectivity index (χ2n) is 5.72. The molecule has 2 N–H and O–H groups in total. The van der Waals surface area contributed by atoms with Crippen molar-refractivity contribution in [2.75, 3.05) is 24.2 Å². The molecule has 1 heterocycles. The molecule has 3 rings (SSSR count). The van der Waals surface area contributed by atoms with Crippen molar-refractivity contribution < 1.29 is 14.4 Å². The zero-order valence-electron chi connectivity index (χ0n) is 12.7. The van der Waals surface area contributed by atoms with Crippen LogP contribution in [0.3, 0.4) is 0 Å². The first kappa shape index (κ1) is 15.9. The van der Waals surface area contributed by atoms with Gasteiger partial charge in [-0.3, -0.25) is 14.4 Å². The Morgan fingerprint density at radius 1 is 1.22 bits per heavy atom. The highest BCUT2D eigenvalue weighted by Crippen LogP contribution is 2.20. The molecule has 0 radical (unpaired) electrons. The molecule has 0 spiro atoms. The van der Waals surface area contributed by atoms with E-state index in [0.717, 1.165) is 18.6 Å². The average molecular weight is 333 g/mol. The van der Waals surface area contributed by atoms with Crippen molar-refractivity contribution >= 4 is 34.5 Å². The molecule has 1 aliphatic carbocycles. The standard InChI is InChI=1S/C16H19N3O3S/c20-14(7-8-19-9-10-23-16(19)22)17-12-3-1-11(2-4-12)15(21)18-13-5-6-13/h1-4,13H,5-10H2,(H,17,20)(H,18,21). The zero-order valence-corrected chi connectivity index (χ0v) is 13.5. The third kappa shape index (κ3) is 4.48. The highest BCUT2D eigenvalue weighted by atomic mass is 32.2. The molecule has 1 aliphatic heterocycles. The maximum Gasteiger partial charge on any atom is 0.281 e. The molecule has 0 aromatic heterocycles. The lowest BCUT2D eigenvalue weighted by molar-refractivity contribution is -0.116. The van der Waals surface area contributed by atoms with E-state index in [1.165, 1.54) is 11.8 Å². The fourth-order valence-electron chi connectivity index (χ4n) is 2.29. The highest BCUT2D eigenvalue weighted by Gasteiger charge is 2.24. The summed E-state index contributed by atoms with van der Waals surface area (Å²) in [5.74, 6) is 0.588. The molecule has 7 heteroatoms. The lowest BCUT2D eigenvalue weighted by atomic mass is 10.2. The first-order chi connectivity index (χ1) is 11.1. The monoisotopic (exact) mass is 333 g/mol. The summed E-state index contributed by atoms with van der Waals surface area (Å²) in [6.45, 7) is 1.15. The van der Waals surface area contributed by atoms with Crippen molar-refractivity contribution in [3.05, 3.63) is 29.8 Å². The minimum Gasteiger partial charge on any atom is -0.349 e. The van der Waals surface area contributed by atoms with Crippen LogP contribution in [0.1, 0.15) is 29.6 Å². The van der Waals surface area contributed by atoms with Crippen LogP contribution in [-0.2, 0) is 4.79 Å². The molecule has 1 saturated heterocycles. The van der Waals surface area contributed by atoms with Crippen molar-refractivity contribution in [3.8, 4) is 0 Å². The molecule has 0 atom stereocenters. The number of rotatable bonds is 6. The molecular weight excluding hydrogens is 314 g/mol. The van der Waals surface area contributed by atoms with Crippen LogP contribution < -0.4 is 10.6 Å². The molecule has 3 amide bonds. The molecule has 2 fully saturated rings. The number of carbonyl (C=O) groups is 3. The molecule has 1 saturated carbocycles. The molecule has 1 aromatic rings. The average Bonchev–Trinajstić information content (AvgIpc) is 3.26. The van der Waals surface area contributed by atoms with Gasteiger partial charge < -0.3 is 15.5 Å². The van der Waals surface area contributed by atoms with Crippen LogP contribution in [0.2, 0.25) is 0 Å². The van der Waals surface area contributed by atoms with E-state index in [-0.39, 0.29) is 23.5 Å². The number of amides is 3. The topological polar surface area (TPSA) is 78.5 Å². The molecular formula is C16H19N3O3S. The third-order valence-electron chi connectivity index (χ3n) is 3.80. The summed E-state index contributed by atoms with van der Waals surface area (Å²) in [7, 11) is 0. The van der Waals surface area contributed by atoms with Crippen LogP contribution in [0.15, 0.2) is 24.3 Å². The van der Waals surface area contributed by atoms with E-state index in [1.807, 2.05) is 0 Å². The van der Waals surface area contributed by atoms with Gasteiger partial charge in [0, 0.05) is 42.6 Å². The van der Waals surface area contributed by atoms with Crippen molar-refractivity contribution in [1.82, 2.24) is 10.2 Å². The number of benzene rings is 1. The molecule has 2 aliphatic rings. The number of nitrogens with zero attached hydrogens (tertiary/aromatic N) is 1. The number of carbonyl (C=O) groups excluding carboxylic acids is 3. The van der Waals surface area contributed by atoms with E-state index in [9.17, 15) is 14.4 Å². The molecule has 23 heavy (non-hydrogen) atoms. The number of nitrogens with one attached hydrogen (secondary N) is 2. The van der Waals surface area contributed by atoms with Crippen LogP contribution >= 0.6 is 11.8 Å². The quantitative estimate of drug-likeness (QED) is 0.835. The van der Waals surface area contributed by atoms with Gasteiger partial charge in [-0.1, -0.05) is 11.8 Å². The van der Waals surface area contributed by atoms with E-state index in [4.69, 9.17) is 0 Å². The molecule has 0 bridgehead atoms. The largest absolute Gasteiger partial charge is 0.349 e. The van der Waals surface area contributed by atoms with Gasteiger partial charge in [-0.2, -0.15) is 0 Å². The Balaban J connectivity index is 1.46. The van der Waals surface area contributed by atoms with Gasteiger partial charge in [0.2, 0.25) is 5.91 Å². The smallest absolute Gasteiger partial charge is 0.281 e. The van der Waals surface area contributed by atoms with Crippen LogP contribution in [0.4, 0.5) is 10.5 Å². The molecule has 6 nitrogen and oxygen atoms in total. The Bertz CT molecular complexity index is 614. The predicted octanol–water partition coefficient (Wildman–Crippen LogP) is 2.08. The number of hydrogen-bond donors (Lipinski definition) is 2.